The largest absolute Gasteiger partial charge is 0.309 e. The number of benzene rings is 10. The summed E-state index contributed by atoms with van der Waals surface area (Å²) in [7, 11) is 0. The first-order valence-corrected chi connectivity index (χ1v) is 20.8. The van der Waals surface area contributed by atoms with E-state index in [1.54, 1.807) is 0 Å². The number of para-hydroxylation sites is 2. The predicted molar refractivity (Wildman–Crippen MR) is 256 cm³/mol. The number of hydrogen-bond acceptors (Lipinski definition) is 2. The molecule has 0 spiro atoms. The van der Waals surface area contributed by atoms with E-state index in [1.807, 2.05) is 0 Å². The zero-order valence-corrected chi connectivity index (χ0v) is 33.2. The van der Waals surface area contributed by atoms with Crippen LogP contribution in [0.1, 0.15) is 0 Å². The van der Waals surface area contributed by atoms with Crippen molar-refractivity contribution in [3.05, 3.63) is 224 Å². The van der Waals surface area contributed by atoms with Gasteiger partial charge >= 0.3 is 0 Å². The summed E-state index contributed by atoms with van der Waals surface area (Å²) in [5, 5.41) is 9.66. The summed E-state index contributed by atoms with van der Waals surface area (Å²) in [6, 6.07) is 80.5. The summed E-state index contributed by atoms with van der Waals surface area (Å²) in [5.74, 6) is 0.688. The Morgan fingerprint density at radius 1 is 0.279 bits per heavy atom. The van der Waals surface area contributed by atoms with E-state index in [0.717, 1.165) is 55.8 Å². The minimum atomic E-state index is 0.688. The van der Waals surface area contributed by atoms with Crippen molar-refractivity contribution in [3.8, 4) is 61.8 Å². The zero-order valence-electron chi connectivity index (χ0n) is 33.2. The highest BCUT2D eigenvalue weighted by atomic mass is 15.0. The molecule has 2 aromatic heterocycles. The monoisotopic (exact) mass is 775 g/mol. The van der Waals surface area contributed by atoms with Crippen molar-refractivity contribution in [2.75, 3.05) is 0 Å². The van der Waals surface area contributed by atoms with Gasteiger partial charge in [-0.05, 0) is 97.0 Å². The van der Waals surface area contributed by atoms with Gasteiger partial charge in [-0.3, -0.25) is 0 Å². The minimum Gasteiger partial charge on any atom is -0.309 e. The van der Waals surface area contributed by atoms with Crippen LogP contribution in [0.5, 0.6) is 0 Å². The second-order valence-corrected chi connectivity index (χ2v) is 15.8. The Hall–Kier alpha value is -8.14. The SMILES string of the molecule is c1ccc(-c2ccc(-c3nc(-c4cccc(-c5ccc6c7ccccc7n(-c7ccccc7)c6c5)c4)cc(-c4c5ccccc5cc5c4ccc4ccccc45)n3)cc2)cc1. The molecule has 0 aliphatic heterocycles. The molecule has 0 amide bonds. The van der Waals surface area contributed by atoms with Gasteiger partial charge in [0, 0.05) is 33.2 Å². The molecule has 0 saturated carbocycles. The molecule has 0 aliphatic carbocycles. The van der Waals surface area contributed by atoms with E-state index in [0.29, 0.717) is 5.82 Å². The molecule has 61 heavy (non-hydrogen) atoms. The molecule has 3 nitrogen and oxygen atoms in total. The second-order valence-electron chi connectivity index (χ2n) is 15.8. The van der Waals surface area contributed by atoms with Crippen LogP contribution in [-0.4, -0.2) is 14.5 Å². The first-order valence-electron chi connectivity index (χ1n) is 20.8. The molecule has 284 valence electrons. The van der Waals surface area contributed by atoms with Crippen molar-refractivity contribution in [1.29, 1.82) is 0 Å². The predicted octanol–water partition coefficient (Wildman–Crippen LogP) is 15.4. The third-order valence-electron chi connectivity index (χ3n) is 12.2. The summed E-state index contributed by atoms with van der Waals surface area (Å²) >= 11 is 0. The van der Waals surface area contributed by atoms with Gasteiger partial charge in [0.2, 0.25) is 0 Å². The van der Waals surface area contributed by atoms with E-state index in [-0.39, 0.29) is 0 Å². The Morgan fingerprint density at radius 2 is 0.852 bits per heavy atom. The molecule has 0 aliphatic rings. The van der Waals surface area contributed by atoms with E-state index < -0.39 is 0 Å². The highest BCUT2D eigenvalue weighted by molar-refractivity contribution is 6.20. The van der Waals surface area contributed by atoms with E-state index in [9.17, 15) is 0 Å². The standard InChI is InChI=1S/C58H37N3/c1-3-14-38(15-4-1)39-26-28-41(29-27-39)58-59-53(37-54(60-58)57-48-23-10-8-17-44(48)35-52-47-22-9-7-16-40(47)30-33-51(52)57)45-19-13-18-42(34-45)43-31-32-50-49-24-11-12-25-55(49)61(56(50)36-43)46-20-5-2-6-21-46/h1-37H. The third-order valence-corrected chi connectivity index (χ3v) is 12.2. The summed E-state index contributed by atoms with van der Waals surface area (Å²) in [6.07, 6.45) is 0. The fraction of sp³-hybridized carbons (Fsp3) is 0. The first-order chi connectivity index (χ1) is 30.2. The van der Waals surface area contributed by atoms with Crippen LogP contribution in [0.4, 0.5) is 0 Å². The summed E-state index contributed by atoms with van der Waals surface area (Å²) in [4.78, 5) is 10.8. The van der Waals surface area contributed by atoms with Gasteiger partial charge in [0.05, 0.1) is 22.4 Å². The smallest absolute Gasteiger partial charge is 0.160 e. The summed E-state index contributed by atoms with van der Waals surface area (Å²) < 4.78 is 2.38. The van der Waals surface area contributed by atoms with Crippen molar-refractivity contribution < 1.29 is 0 Å². The molecule has 0 N–H and O–H groups in total. The lowest BCUT2D eigenvalue weighted by molar-refractivity contribution is 1.18. The fourth-order valence-corrected chi connectivity index (χ4v) is 9.25. The van der Waals surface area contributed by atoms with Gasteiger partial charge in [0.25, 0.3) is 0 Å². The summed E-state index contributed by atoms with van der Waals surface area (Å²) in [6.45, 7) is 0. The van der Waals surface area contributed by atoms with Crippen LogP contribution in [-0.2, 0) is 0 Å². The fourth-order valence-electron chi connectivity index (χ4n) is 9.25. The van der Waals surface area contributed by atoms with Gasteiger partial charge in [0.1, 0.15) is 0 Å². The summed E-state index contributed by atoms with van der Waals surface area (Å²) in [5.41, 5.74) is 13.0. The van der Waals surface area contributed by atoms with E-state index in [2.05, 4.69) is 229 Å². The number of aromatic nitrogens is 3. The number of fused-ring (bicyclic) bond motifs is 7. The molecule has 3 heteroatoms. The van der Waals surface area contributed by atoms with Crippen LogP contribution >= 0.6 is 0 Å². The van der Waals surface area contributed by atoms with E-state index in [1.165, 1.54) is 54.3 Å². The molecule has 0 radical (unpaired) electrons. The van der Waals surface area contributed by atoms with Gasteiger partial charge in [-0.25, -0.2) is 9.97 Å². The molecule has 12 rings (SSSR count). The van der Waals surface area contributed by atoms with Crippen LogP contribution in [0.25, 0.3) is 116 Å². The topological polar surface area (TPSA) is 30.7 Å². The van der Waals surface area contributed by atoms with Crippen molar-refractivity contribution in [2.45, 2.75) is 0 Å². The average Bonchev–Trinajstić information content (AvgIpc) is 3.67. The number of nitrogens with zero attached hydrogens (tertiary/aromatic N) is 3. The Kier molecular flexibility index (Phi) is 8.17. The van der Waals surface area contributed by atoms with Crippen molar-refractivity contribution in [3.63, 3.8) is 0 Å². The number of rotatable bonds is 6. The molecule has 0 unspecified atom stereocenters. The van der Waals surface area contributed by atoms with E-state index >= 15 is 0 Å². The number of hydrogen-bond donors (Lipinski definition) is 0. The van der Waals surface area contributed by atoms with Gasteiger partial charge in [-0.15, -0.1) is 0 Å². The molecule has 12 aromatic rings. The van der Waals surface area contributed by atoms with Crippen LogP contribution in [0.15, 0.2) is 224 Å². The average molecular weight is 776 g/mol. The molecular weight excluding hydrogens is 739 g/mol. The molecule has 10 aromatic carbocycles. The second kappa shape index (κ2) is 14.3. The molecule has 0 saturated heterocycles. The van der Waals surface area contributed by atoms with Gasteiger partial charge in [-0.1, -0.05) is 182 Å². The van der Waals surface area contributed by atoms with Crippen LogP contribution in [0.3, 0.4) is 0 Å². The molecule has 0 fully saturated rings. The Labute approximate surface area is 353 Å². The Morgan fingerprint density at radius 3 is 1.69 bits per heavy atom. The quantitative estimate of drug-likeness (QED) is 0.124. The van der Waals surface area contributed by atoms with Crippen molar-refractivity contribution in [2.24, 2.45) is 0 Å². The maximum atomic E-state index is 5.44. The van der Waals surface area contributed by atoms with Crippen LogP contribution < -0.4 is 0 Å². The Bertz CT molecular complexity index is 3620. The van der Waals surface area contributed by atoms with Gasteiger partial charge in [-0.2, -0.15) is 0 Å². The van der Waals surface area contributed by atoms with Crippen molar-refractivity contribution in [1.82, 2.24) is 14.5 Å². The zero-order chi connectivity index (χ0) is 40.3. The molecule has 2 heterocycles. The Balaban J connectivity index is 1.06. The molecular formula is C58H37N3. The van der Waals surface area contributed by atoms with E-state index in [4.69, 9.17) is 9.97 Å². The maximum Gasteiger partial charge on any atom is 0.160 e. The lowest BCUT2D eigenvalue weighted by Crippen LogP contribution is -1.97. The highest BCUT2D eigenvalue weighted by Crippen LogP contribution is 2.41. The lowest BCUT2D eigenvalue weighted by Gasteiger charge is -2.16. The van der Waals surface area contributed by atoms with Crippen molar-refractivity contribution >= 4 is 54.1 Å². The highest BCUT2D eigenvalue weighted by Gasteiger charge is 2.18. The van der Waals surface area contributed by atoms with Crippen LogP contribution in [0.2, 0.25) is 0 Å². The lowest BCUT2D eigenvalue weighted by atomic mass is 9.91. The van der Waals surface area contributed by atoms with Gasteiger partial charge in [0.15, 0.2) is 5.82 Å². The minimum absolute atomic E-state index is 0.688. The first kappa shape index (κ1) is 34.9. The van der Waals surface area contributed by atoms with Gasteiger partial charge < -0.3 is 4.57 Å². The third kappa shape index (κ3) is 5.98. The molecule has 0 bridgehead atoms. The maximum absolute atomic E-state index is 5.44. The van der Waals surface area contributed by atoms with Crippen LogP contribution in [0, 0.1) is 0 Å². The molecule has 0 atom stereocenters. The normalized spacial score (nSPS) is 11.6.